The summed E-state index contributed by atoms with van der Waals surface area (Å²) < 4.78 is 32.5. The van der Waals surface area contributed by atoms with E-state index in [-0.39, 0.29) is 11.5 Å². The van der Waals surface area contributed by atoms with E-state index in [1.807, 2.05) is 0 Å². The number of halogens is 2. The lowest BCUT2D eigenvalue weighted by Gasteiger charge is -2.28. The van der Waals surface area contributed by atoms with Crippen LogP contribution >= 0.6 is 0 Å². The van der Waals surface area contributed by atoms with E-state index in [2.05, 4.69) is 0 Å². The van der Waals surface area contributed by atoms with Gasteiger partial charge in [-0.2, -0.15) is 0 Å². The van der Waals surface area contributed by atoms with E-state index in [9.17, 15) is 8.78 Å². The molecule has 2 rings (SSSR count). The smallest absolute Gasteiger partial charge is 0.128 e. The Balaban J connectivity index is 2.23. The maximum Gasteiger partial charge on any atom is 0.128 e. The Morgan fingerprint density at radius 2 is 2.12 bits per heavy atom. The van der Waals surface area contributed by atoms with E-state index in [0.717, 1.165) is 19.4 Å². The van der Waals surface area contributed by atoms with Gasteiger partial charge in [-0.1, -0.05) is 0 Å². The largest absolute Gasteiger partial charge is 0.381 e. The molecule has 1 aliphatic heterocycles. The molecule has 2 atom stereocenters. The first-order chi connectivity index (χ1) is 8.09. The molecular weight excluding hydrogens is 224 g/mol. The summed E-state index contributed by atoms with van der Waals surface area (Å²) in [5, 5.41) is 0. The van der Waals surface area contributed by atoms with Crippen molar-refractivity contribution >= 4 is 0 Å². The van der Waals surface area contributed by atoms with Gasteiger partial charge >= 0.3 is 0 Å². The predicted octanol–water partition coefficient (Wildman–Crippen LogP) is 2.70. The van der Waals surface area contributed by atoms with Crippen LogP contribution in [0.2, 0.25) is 0 Å². The minimum Gasteiger partial charge on any atom is -0.381 e. The molecule has 2 unspecified atom stereocenters. The van der Waals surface area contributed by atoms with E-state index in [0.29, 0.717) is 12.2 Å². The van der Waals surface area contributed by atoms with Crippen molar-refractivity contribution in [2.24, 2.45) is 11.7 Å². The van der Waals surface area contributed by atoms with Gasteiger partial charge in [0, 0.05) is 24.1 Å². The van der Waals surface area contributed by atoms with Crippen molar-refractivity contribution in [1.82, 2.24) is 0 Å². The molecule has 1 saturated heterocycles. The molecule has 2 N–H and O–H groups in total. The van der Waals surface area contributed by atoms with Crippen molar-refractivity contribution < 1.29 is 13.5 Å². The van der Waals surface area contributed by atoms with Gasteiger partial charge in [0.1, 0.15) is 11.6 Å². The normalized spacial score (nSPS) is 22.5. The molecule has 0 radical (unpaired) electrons. The number of hydrogen-bond donors (Lipinski definition) is 1. The van der Waals surface area contributed by atoms with Crippen LogP contribution < -0.4 is 5.73 Å². The predicted molar refractivity (Wildman–Crippen MR) is 61.6 cm³/mol. The molecule has 4 heteroatoms. The van der Waals surface area contributed by atoms with Crippen LogP contribution in [0.5, 0.6) is 0 Å². The summed E-state index contributed by atoms with van der Waals surface area (Å²) in [4.78, 5) is 0. The van der Waals surface area contributed by atoms with Crippen LogP contribution in [0.15, 0.2) is 12.1 Å². The van der Waals surface area contributed by atoms with Crippen LogP contribution in [-0.4, -0.2) is 13.2 Å². The van der Waals surface area contributed by atoms with Crippen molar-refractivity contribution in [2.45, 2.75) is 25.8 Å². The molecule has 1 heterocycles. The Kier molecular flexibility index (Phi) is 3.74. The summed E-state index contributed by atoms with van der Waals surface area (Å²) in [7, 11) is 0. The number of benzene rings is 1. The first kappa shape index (κ1) is 12.5. The average Bonchev–Trinajstić information content (AvgIpc) is 2.34. The first-order valence-corrected chi connectivity index (χ1v) is 5.88. The summed E-state index contributed by atoms with van der Waals surface area (Å²) in [6, 6.07) is 1.92. The number of rotatable bonds is 2. The lowest BCUT2D eigenvalue weighted by atomic mass is 9.89. The second-order valence-corrected chi connectivity index (χ2v) is 4.63. The molecule has 0 bridgehead atoms. The molecule has 0 aliphatic carbocycles. The summed E-state index contributed by atoms with van der Waals surface area (Å²) in [6.45, 7) is 2.79. The fourth-order valence-electron chi connectivity index (χ4n) is 2.22. The first-order valence-electron chi connectivity index (χ1n) is 5.88. The van der Waals surface area contributed by atoms with Crippen LogP contribution in [-0.2, 0) is 4.74 Å². The van der Waals surface area contributed by atoms with Gasteiger partial charge in [-0.05, 0) is 37.5 Å². The highest BCUT2D eigenvalue weighted by molar-refractivity contribution is 5.28. The zero-order valence-corrected chi connectivity index (χ0v) is 9.88. The van der Waals surface area contributed by atoms with Gasteiger partial charge in [0.2, 0.25) is 0 Å². The van der Waals surface area contributed by atoms with Crippen LogP contribution in [0.25, 0.3) is 0 Å². The maximum absolute atomic E-state index is 13.7. The zero-order chi connectivity index (χ0) is 12.4. The third-order valence-corrected chi connectivity index (χ3v) is 3.34. The number of ether oxygens (including phenoxy) is 1. The molecule has 1 aliphatic rings. The van der Waals surface area contributed by atoms with E-state index in [1.54, 1.807) is 0 Å². The van der Waals surface area contributed by atoms with Gasteiger partial charge < -0.3 is 10.5 Å². The molecule has 1 aromatic carbocycles. The van der Waals surface area contributed by atoms with E-state index in [1.165, 1.54) is 19.1 Å². The molecule has 1 aromatic rings. The van der Waals surface area contributed by atoms with Crippen molar-refractivity contribution in [2.75, 3.05) is 13.2 Å². The fraction of sp³-hybridized carbons (Fsp3) is 0.538. The monoisotopic (exact) mass is 241 g/mol. The topological polar surface area (TPSA) is 35.2 Å². The van der Waals surface area contributed by atoms with Gasteiger partial charge in [0.15, 0.2) is 0 Å². The average molecular weight is 241 g/mol. The summed E-state index contributed by atoms with van der Waals surface area (Å²) in [5.41, 5.74) is 6.56. The fourth-order valence-corrected chi connectivity index (χ4v) is 2.22. The van der Waals surface area contributed by atoms with Gasteiger partial charge in [0.25, 0.3) is 0 Å². The number of aryl methyl sites for hydroxylation is 1. The van der Waals surface area contributed by atoms with Crippen molar-refractivity contribution in [1.29, 1.82) is 0 Å². The van der Waals surface area contributed by atoms with Crippen LogP contribution in [0.4, 0.5) is 8.78 Å². The summed E-state index contributed by atoms with van der Waals surface area (Å²) in [5.74, 6) is -0.768. The van der Waals surface area contributed by atoms with Crippen LogP contribution in [0.1, 0.15) is 30.0 Å². The van der Waals surface area contributed by atoms with Gasteiger partial charge in [0.05, 0.1) is 6.61 Å². The highest BCUT2D eigenvalue weighted by Gasteiger charge is 2.25. The summed E-state index contributed by atoms with van der Waals surface area (Å²) in [6.07, 6.45) is 1.82. The van der Waals surface area contributed by atoms with E-state index in [4.69, 9.17) is 10.5 Å². The Morgan fingerprint density at radius 3 is 2.76 bits per heavy atom. The van der Waals surface area contributed by atoms with Gasteiger partial charge in [-0.25, -0.2) is 8.78 Å². The molecule has 1 fully saturated rings. The van der Waals surface area contributed by atoms with Gasteiger partial charge in [-0.15, -0.1) is 0 Å². The highest BCUT2D eigenvalue weighted by atomic mass is 19.1. The standard InChI is InChI=1S/C13H17F2NO/c1-8-5-12(15)10(6-11(8)14)13(16)9-3-2-4-17-7-9/h5-6,9,13H,2-4,7,16H2,1H3. The highest BCUT2D eigenvalue weighted by Crippen LogP contribution is 2.29. The van der Waals surface area contributed by atoms with E-state index >= 15 is 0 Å². The van der Waals surface area contributed by atoms with E-state index < -0.39 is 17.7 Å². The second kappa shape index (κ2) is 5.10. The number of hydrogen-bond acceptors (Lipinski definition) is 2. The molecule has 0 aromatic heterocycles. The lowest BCUT2D eigenvalue weighted by molar-refractivity contribution is 0.0443. The molecular formula is C13H17F2NO. The minimum atomic E-state index is -0.495. The third kappa shape index (κ3) is 2.64. The molecule has 0 amide bonds. The lowest BCUT2D eigenvalue weighted by Crippen LogP contribution is -2.29. The van der Waals surface area contributed by atoms with Gasteiger partial charge in [-0.3, -0.25) is 0 Å². The summed E-state index contributed by atoms with van der Waals surface area (Å²) >= 11 is 0. The molecule has 94 valence electrons. The third-order valence-electron chi connectivity index (χ3n) is 3.34. The SMILES string of the molecule is Cc1cc(F)c(C(N)C2CCCOC2)cc1F. The quantitative estimate of drug-likeness (QED) is 0.864. The maximum atomic E-state index is 13.7. The Morgan fingerprint density at radius 1 is 1.35 bits per heavy atom. The second-order valence-electron chi connectivity index (χ2n) is 4.63. The molecule has 17 heavy (non-hydrogen) atoms. The Bertz CT molecular complexity index is 403. The van der Waals surface area contributed by atoms with Crippen LogP contribution in [0, 0.1) is 24.5 Å². The van der Waals surface area contributed by atoms with Crippen molar-refractivity contribution in [3.63, 3.8) is 0 Å². The molecule has 2 nitrogen and oxygen atoms in total. The molecule has 0 saturated carbocycles. The van der Waals surface area contributed by atoms with Crippen LogP contribution in [0.3, 0.4) is 0 Å². The van der Waals surface area contributed by atoms with Crippen molar-refractivity contribution in [3.8, 4) is 0 Å². The number of nitrogens with two attached hydrogens (primary N) is 1. The molecule has 0 spiro atoms. The Labute approximate surface area is 99.8 Å². The minimum absolute atomic E-state index is 0.0698. The van der Waals surface area contributed by atoms with Crippen molar-refractivity contribution in [3.05, 3.63) is 34.9 Å². The zero-order valence-electron chi connectivity index (χ0n) is 9.88. The Hall–Kier alpha value is -1.00.